The van der Waals surface area contributed by atoms with Gasteiger partial charge in [-0.25, -0.2) is 0 Å². The second kappa shape index (κ2) is 11.3. The highest BCUT2D eigenvalue weighted by Crippen LogP contribution is 2.64. The zero-order valence-corrected chi connectivity index (χ0v) is 30.4. The molecule has 7 aromatic carbocycles. The van der Waals surface area contributed by atoms with Crippen molar-refractivity contribution in [1.29, 1.82) is 0 Å². The molecule has 0 aromatic heterocycles. The average Bonchev–Trinajstić information content (AvgIpc) is 3.78. The van der Waals surface area contributed by atoms with Crippen LogP contribution >= 0.6 is 0 Å². The summed E-state index contributed by atoms with van der Waals surface area (Å²) in [4.78, 5) is 2.54. The summed E-state index contributed by atoms with van der Waals surface area (Å²) in [6, 6.07) is 60.0. The Kier molecular flexibility index (Phi) is 6.54. The molecule has 0 fully saturated rings. The molecule has 1 nitrogen and oxygen atoms in total. The van der Waals surface area contributed by atoms with Crippen molar-refractivity contribution in [3.8, 4) is 33.4 Å². The van der Waals surface area contributed by atoms with Crippen molar-refractivity contribution >= 4 is 22.6 Å². The highest BCUT2D eigenvalue weighted by atomic mass is 15.1. The SMILES string of the molecule is CC1(C)c2ccccc2-c2ccc(N(c3ccc(C4=CCCCC4)cc3)c3cccc4c3-c3ccccc3C43c4ccccc4-c4ccccc43)cc21. The highest BCUT2D eigenvalue weighted by Gasteiger charge is 2.52. The Bertz CT molecular complexity index is 2610. The average molecular weight is 680 g/mol. The lowest BCUT2D eigenvalue weighted by Crippen LogP contribution is -2.26. The number of fused-ring (bicyclic) bond motifs is 13. The van der Waals surface area contributed by atoms with E-state index in [1.54, 1.807) is 0 Å². The fraction of sp³-hybridized carbons (Fsp3) is 0.154. The van der Waals surface area contributed by atoms with Gasteiger partial charge in [0.2, 0.25) is 0 Å². The maximum absolute atomic E-state index is 2.54. The first-order valence-electron chi connectivity index (χ1n) is 19.3. The van der Waals surface area contributed by atoms with Crippen LogP contribution in [0.4, 0.5) is 17.1 Å². The standard InChI is InChI=1S/C52H41N/c1-51(2)43-21-10-6-17-38(43)41-32-31-37(33-48(41)51)53(36-29-27-35(28-30-36)34-15-4-3-5-16-34)49-26-14-25-47-50(49)42-20-9-13-24-46(42)52(47)44-22-11-7-18-39(44)40-19-8-12-23-45(40)52/h6-15,17-33H,3-5,16H2,1-2H3. The number of benzene rings is 7. The van der Waals surface area contributed by atoms with Crippen molar-refractivity contribution in [2.75, 3.05) is 4.90 Å². The number of hydrogen-bond donors (Lipinski definition) is 0. The molecule has 0 saturated heterocycles. The lowest BCUT2D eigenvalue weighted by Gasteiger charge is -2.32. The molecule has 0 heterocycles. The van der Waals surface area contributed by atoms with Gasteiger partial charge in [-0.1, -0.05) is 147 Å². The molecule has 0 amide bonds. The van der Waals surface area contributed by atoms with Crippen molar-refractivity contribution in [3.05, 3.63) is 203 Å². The Labute approximate surface area is 312 Å². The van der Waals surface area contributed by atoms with Crippen molar-refractivity contribution in [3.63, 3.8) is 0 Å². The molecule has 254 valence electrons. The third-order valence-electron chi connectivity index (χ3n) is 12.9. The summed E-state index contributed by atoms with van der Waals surface area (Å²) in [5.41, 5.74) is 22.2. The van der Waals surface area contributed by atoms with Gasteiger partial charge < -0.3 is 4.90 Å². The zero-order chi connectivity index (χ0) is 35.3. The third kappa shape index (κ3) is 4.14. The first-order valence-corrected chi connectivity index (χ1v) is 19.3. The quantitative estimate of drug-likeness (QED) is 0.179. The lowest BCUT2D eigenvalue weighted by atomic mass is 9.70. The molecule has 1 spiro atoms. The predicted molar refractivity (Wildman–Crippen MR) is 221 cm³/mol. The Hall–Kier alpha value is -5.92. The number of nitrogens with zero attached hydrogens (tertiary/aromatic N) is 1. The van der Waals surface area contributed by atoms with Crippen LogP contribution in [0.1, 0.15) is 78.5 Å². The molecule has 0 radical (unpaired) electrons. The molecule has 0 bridgehead atoms. The summed E-state index contributed by atoms with van der Waals surface area (Å²) in [5, 5.41) is 0. The summed E-state index contributed by atoms with van der Waals surface area (Å²) in [7, 11) is 0. The predicted octanol–water partition coefficient (Wildman–Crippen LogP) is 13.8. The van der Waals surface area contributed by atoms with E-state index in [0.29, 0.717) is 0 Å². The van der Waals surface area contributed by atoms with Crippen molar-refractivity contribution < 1.29 is 0 Å². The minimum atomic E-state index is -0.389. The first kappa shape index (κ1) is 30.7. The number of anilines is 3. The largest absolute Gasteiger partial charge is 0.310 e. The molecule has 0 atom stereocenters. The monoisotopic (exact) mass is 679 g/mol. The Morgan fingerprint density at radius 2 is 1.00 bits per heavy atom. The normalized spacial score (nSPS) is 16.2. The van der Waals surface area contributed by atoms with Gasteiger partial charge >= 0.3 is 0 Å². The molecule has 53 heavy (non-hydrogen) atoms. The van der Waals surface area contributed by atoms with E-state index in [0.717, 1.165) is 6.42 Å². The molecule has 0 saturated carbocycles. The van der Waals surface area contributed by atoms with E-state index in [1.165, 1.54) is 114 Å². The summed E-state index contributed by atoms with van der Waals surface area (Å²) >= 11 is 0. The van der Waals surface area contributed by atoms with Crippen LogP contribution in [0.15, 0.2) is 164 Å². The van der Waals surface area contributed by atoms with E-state index >= 15 is 0 Å². The lowest BCUT2D eigenvalue weighted by molar-refractivity contribution is 0.660. The second-order valence-corrected chi connectivity index (χ2v) is 15.8. The molecular formula is C52H41N. The molecule has 7 aromatic rings. The zero-order valence-electron chi connectivity index (χ0n) is 30.4. The molecule has 0 N–H and O–H groups in total. The van der Waals surface area contributed by atoms with Gasteiger partial charge in [0.25, 0.3) is 0 Å². The molecule has 0 unspecified atom stereocenters. The van der Waals surface area contributed by atoms with Crippen LogP contribution in [0.2, 0.25) is 0 Å². The summed E-state index contributed by atoms with van der Waals surface area (Å²) in [6.07, 6.45) is 7.37. The van der Waals surface area contributed by atoms with Crippen LogP contribution in [0.5, 0.6) is 0 Å². The van der Waals surface area contributed by atoms with Crippen molar-refractivity contribution in [2.24, 2.45) is 0 Å². The minimum Gasteiger partial charge on any atom is -0.310 e. The van der Waals surface area contributed by atoms with Gasteiger partial charge in [0, 0.05) is 22.4 Å². The van der Waals surface area contributed by atoms with Gasteiger partial charge in [-0.05, 0) is 128 Å². The molecule has 0 aliphatic heterocycles. The van der Waals surface area contributed by atoms with Crippen LogP contribution in [0.25, 0.3) is 39.0 Å². The Morgan fingerprint density at radius 1 is 0.453 bits per heavy atom. The topological polar surface area (TPSA) is 3.24 Å². The summed E-state index contributed by atoms with van der Waals surface area (Å²) in [5.74, 6) is 0. The van der Waals surface area contributed by atoms with Gasteiger partial charge in [0.1, 0.15) is 0 Å². The van der Waals surface area contributed by atoms with Gasteiger partial charge in [0.15, 0.2) is 0 Å². The molecule has 1 heteroatoms. The number of rotatable bonds is 4. The van der Waals surface area contributed by atoms with Gasteiger partial charge in [-0.2, -0.15) is 0 Å². The van der Waals surface area contributed by atoms with Crippen LogP contribution in [-0.2, 0) is 10.8 Å². The van der Waals surface area contributed by atoms with Crippen LogP contribution in [0.3, 0.4) is 0 Å². The number of allylic oxidation sites excluding steroid dienone is 2. The fourth-order valence-electron chi connectivity index (χ4n) is 10.5. The maximum Gasteiger partial charge on any atom is 0.0726 e. The minimum absolute atomic E-state index is 0.0997. The van der Waals surface area contributed by atoms with Crippen LogP contribution in [0, 0.1) is 0 Å². The number of hydrogen-bond acceptors (Lipinski definition) is 1. The summed E-state index contributed by atoms with van der Waals surface area (Å²) in [6.45, 7) is 4.77. The second-order valence-electron chi connectivity index (χ2n) is 15.8. The van der Waals surface area contributed by atoms with E-state index < -0.39 is 0 Å². The summed E-state index contributed by atoms with van der Waals surface area (Å²) < 4.78 is 0. The van der Waals surface area contributed by atoms with E-state index in [-0.39, 0.29) is 10.8 Å². The smallest absolute Gasteiger partial charge is 0.0726 e. The van der Waals surface area contributed by atoms with Gasteiger partial charge in [-0.15, -0.1) is 0 Å². The molecular weight excluding hydrogens is 639 g/mol. The van der Waals surface area contributed by atoms with Gasteiger partial charge in [0.05, 0.1) is 11.1 Å². The van der Waals surface area contributed by atoms with Crippen LogP contribution < -0.4 is 4.90 Å². The Balaban J connectivity index is 1.18. The third-order valence-corrected chi connectivity index (χ3v) is 12.9. The van der Waals surface area contributed by atoms with Crippen LogP contribution in [-0.4, -0.2) is 0 Å². The van der Waals surface area contributed by atoms with E-state index in [4.69, 9.17) is 0 Å². The van der Waals surface area contributed by atoms with E-state index in [1.807, 2.05) is 0 Å². The fourth-order valence-corrected chi connectivity index (χ4v) is 10.5. The molecule has 4 aliphatic carbocycles. The molecule has 4 aliphatic rings. The van der Waals surface area contributed by atoms with Gasteiger partial charge in [-0.3, -0.25) is 0 Å². The Morgan fingerprint density at radius 3 is 1.66 bits per heavy atom. The van der Waals surface area contributed by atoms with Crippen molar-refractivity contribution in [1.82, 2.24) is 0 Å². The first-order chi connectivity index (χ1) is 26.1. The molecule has 11 rings (SSSR count). The van der Waals surface area contributed by atoms with Crippen molar-refractivity contribution in [2.45, 2.75) is 50.4 Å². The maximum atomic E-state index is 2.54. The van der Waals surface area contributed by atoms with E-state index in [9.17, 15) is 0 Å². The highest BCUT2D eigenvalue weighted by molar-refractivity contribution is 6.01. The van der Waals surface area contributed by atoms with E-state index in [2.05, 4.69) is 183 Å².